The molecular formula is C19H16F3N3O5S3. The number of carboxylic acids is 1. The molecule has 8 nitrogen and oxygen atoms in total. The Morgan fingerprint density at radius 3 is 2.64 bits per heavy atom. The van der Waals surface area contributed by atoms with Gasteiger partial charge in [0.25, 0.3) is 0 Å². The van der Waals surface area contributed by atoms with Gasteiger partial charge in [-0.15, -0.1) is 23.5 Å². The maximum Gasteiger partial charge on any atom is 0.442 e. The molecule has 0 spiro atoms. The molecule has 0 saturated carbocycles. The van der Waals surface area contributed by atoms with Crippen molar-refractivity contribution in [3.8, 4) is 11.5 Å². The van der Waals surface area contributed by atoms with Gasteiger partial charge in [0.2, 0.25) is 17.7 Å². The van der Waals surface area contributed by atoms with E-state index in [2.05, 4.69) is 10.3 Å². The van der Waals surface area contributed by atoms with Gasteiger partial charge in [-0.3, -0.25) is 14.4 Å². The number of nitrogens with one attached hydrogen (secondary N) is 1. The van der Waals surface area contributed by atoms with Gasteiger partial charge in [-0.1, -0.05) is 0 Å². The number of oxazole rings is 1. The average Bonchev–Trinajstić information content (AvgIpc) is 3.28. The Morgan fingerprint density at radius 1 is 1.33 bits per heavy atom. The largest absolute Gasteiger partial charge is 0.480 e. The minimum absolute atomic E-state index is 0.180. The van der Waals surface area contributed by atoms with Crippen LogP contribution in [0.25, 0.3) is 11.5 Å². The van der Waals surface area contributed by atoms with E-state index in [1.807, 2.05) is 0 Å². The van der Waals surface area contributed by atoms with E-state index in [9.17, 15) is 32.7 Å². The number of aliphatic carboxylic acids is 1. The molecule has 3 atom stereocenters. The molecule has 2 saturated heterocycles. The molecule has 3 heterocycles. The van der Waals surface area contributed by atoms with Crippen LogP contribution in [-0.2, 0) is 14.4 Å². The Hall–Kier alpha value is -2.32. The number of alkyl halides is 3. The fraction of sp³-hybridized carbons (Fsp3) is 0.368. The van der Waals surface area contributed by atoms with Crippen molar-refractivity contribution < 1.29 is 37.1 Å². The summed E-state index contributed by atoms with van der Waals surface area (Å²) in [6.45, 7) is -0.192. The lowest BCUT2D eigenvalue weighted by Gasteiger charge is -2.53. The first kappa shape index (κ1) is 23.8. The molecular weight excluding hydrogens is 503 g/mol. The van der Waals surface area contributed by atoms with Gasteiger partial charge in [0, 0.05) is 10.5 Å². The summed E-state index contributed by atoms with van der Waals surface area (Å²) in [5, 5.41) is 11.2. The standard InChI is InChI=1S/C19H16F3N3O5S3/c20-19(21,22)31-8-12(26)24-16-18(17(28)29,9-25-13(27)7-14(25)32-16)33-11-3-1-10(2-4-11)15-23-5-6-30-15/h1-6,14,16H,7-9H2,(H,24,26)(H,28,29)/t14-,16?,18?/m1/s1. The summed E-state index contributed by atoms with van der Waals surface area (Å²) in [6, 6.07) is 6.68. The molecule has 0 bridgehead atoms. The molecule has 14 heteroatoms. The Balaban J connectivity index is 1.58. The van der Waals surface area contributed by atoms with Gasteiger partial charge in [0.1, 0.15) is 11.6 Å². The maximum absolute atomic E-state index is 12.5. The highest BCUT2D eigenvalue weighted by molar-refractivity contribution is 8.05. The molecule has 2 amide bonds. The highest BCUT2D eigenvalue weighted by Gasteiger charge is 2.58. The molecule has 2 aliphatic rings. The zero-order valence-electron chi connectivity index (χ0n) is 16.6. The van der Waals surface area contributed by atoms with Crippen molar-refractivity contribution in [1.82, 2.24) is 15.2 Å². The van der Waals surface area contributed by atoms with Crippen LogP contribution in [0.3, 0.4) is 0 Å². The smallest absolute Gasteiger partial charge is 0.442 e. The van der Waals surface area contributed by atoms with Crippen molar-refractivity contribution in [1.29, 1.82) is 0 Å². The number of hydrogen-bond acceptors (Lipinski definition) is 8. The zero-order valence-corrected chi connectivity index (χ0v) is 19.0. The summed E-state index contributed by atoms with van der Waals surface area (Å²) in [5.41, 5.74) is -3.92. The van der Waals surface area contributed by atoms with Gasteiger partial charge in [-0.2, -0.15) is 13.2 Å². The molecule has 0 aliphatic carbocycles. The van der Waals surface area contributed by atoms with Gasteiger partial charge >= 0.3 is 11.5 Å². The molecule has 2 aromatic rings. The number of nitrogens with zero attached hydrogens (tertiary/aromatic N) is 2. The SMILES string of the molecule is O=C(CSC(F)(F)F)NC1S[C@@H]2CC(=O)N2CC1(Sc1ccc(-c2ncco2)cc1)C(=O)O. The second-order valence-corrected chi connectivity index (χ2v) is 10.9. The van der Waals surface area contributed by atoms with Gasteiger partial charge < -0.3 is 19.7 Å². The Bertz CT molecular complexity index is 1050. The van der Waals surface area contributed by atoms with Crippen molar-refractivity contribution in [3.63, 3.8) is 0 Å². The number of rotatable bonds is 7. The summed E-state index contributed by atoms with van der Waals surface area (Å²) in [4.78, 5) is 42.7. The molecule has 2 fully saturated rings. The first-order chi connectivity index (χ1) is 15.6. The van der Waals surface area contributed by atoms with E-state index in [1.165, 1.54) is 17.4 Å². The van der Waals surface area contributed by atoms with E-state index in [0.29, 0.717) is 16.3 Å². The van der Waals surface area contributed by atoms with Gasteiger partial charge in [-0.25, -0.2) is 4.98 Å². The molecule has 176 valence electrons. The predicted molar refractivity (Wildman–Crippen MR) is 116 cm³/mol. The minimum Gasteiger partial charge on any atom is -0.480 e. The maximum atomic E-state index is 12.5. The monoisotopic (exact) mass is 519 g/mol. The third kappa shape index (κ3) is 5.11. The number of benzene rings is 1. The molecule has 2 aliphatic heterocycles. The topological polar surface area (TPSA) is 113 Å². The second kappa shape index (κ2) is 9.14. The molecule has 1 aromatic heterocycles. The Kier molecular flexibility index (Phi) is 6.60. The van der Waals surface area contributed by atoms with Crippen LogP contribution < -0.4 is 5.32 Å². The first-order valence-electron chi connectivity index (χ1n) is 9.45. The van der Waals surface area contributed by atoms with Crippen molar-refractivity contribution in [2.75, 3.05) is 12.3 Å². The van der Waals surface area contributed by atoms with Gasteiger partial charge in [0.05, 0.1) is 30.3 Å². The quantitative estimate of drug-likeness (QED) is 0.532. The van der Waals surface area contributed by atoms with E-state index in [0.717, 1.165) is 23.5 Å². The lowest BCUT2D eigenvalue weighted by atomic mass is 10.0. The molecule has 2 N–H and O–H groups in total. The number of amides is 2. The third-order valence-corrected chi connectivity index (χ3v) is 8.82. The Labute approximate surface area is 198 Å². The Morgan fingerprint density at radius 2 is 2.06 bits per heavy atom. The van der Waals surface area contributed by atoms with Gasteiger partial charge in [-0.05, 0) is 36.0 Å². The third-order valence-electron chi connectivity index (χ3n) is 4.99. The summed E-state index contributed by atoms with van der Waals surface area (Å²) >= 11 is 1.49. The number of aromatic nitrogens is 1. The van der Waals surface area contributed by atoms with Gasteiger partial charge in [0.15, 0.2) is 4.75 Å². The number of thioether (sulfide) groups is 3. The normalized spacial score (nSPS) is 24.7. The number of halogens is 3. The van der Waals surface area contributed by atoms with Crippen LogP contribution in [0.5, 0.6) is 0 Å². The van der Waals surface area contributed by atoms with Crippen LogP contribution in [0.15, 0.2) is 46.0 Å². The molecule has 33 heavy (non-hydrogen) atoms. The van der Waals surface area contributed by atoms with Crippen LogP contribution in [0.4, 0.5) is 13.2 Å². The van der Waals surface area contributed by atoms with Crippen molar-refractivity contribution >= 4 is 53.1 Å². The van der Waals surface area contributed by atoms with Crippen molar-refractivity contribution in [2.45, 2.75) is 32.3 Å². The lowest BCUT2D eigenvalue weighted by molar-refractivity contribution is -0.147. The molecule has 0 radical (unpaired) electrons. The number of β-lactam (4-membered cyclic amide) rings is 1. The van der Waals surface area contributed by atoms with E-state index >= 15 is 0 Å². The van der Waals surface area contributed by atoms with E-state index in [4.69, 9.17) is 4.42 Å². The summed E-state index contributed by atoms with van der Waals surface area (Å²) in [6.07, 6.45) is 3.09. The first-order valence-corrected chi connectivity index (χ1v) is 12.2. The fourth-order valence-electron chi connectivity index (χ4n) is 3.38. The highest BCUT2D eigenvalue weighted by atomic mass is 32.2. The second-order valence-electron chi connectivity index (χ2n) is 7.16. The number of hydrogen-bond donors (Lipinski definition) is 2. The van der Waals surface area contributed by atoms with Crippen LogP contribution in [0.2, 0.25) is 0 Å². The van der Waals surface area contributed by atoms with Crippen molar-refractivity contribution in [3.05, 3.63) is 36.7 Å². The fourth-order valence-corrected chi connectivity index (χ4v) is 6.70. The molecule has 2 unspecified atom stereocenters. The summed E-state index contributed by atoms with van der Waals surface area (Å²) in [5.74, 6) is -2.94. The van der Waals surface area contributed by atoms with E-state index in [-0.39, 0.29) is 24.2 Å². The predicted octanol–water partition coefficient (Wildman–Crippen LogP) is 3.26. The molecule has 4 rings (SSSR count). The van der Waals surface area contributed by atoms with Crippen LogP contribution in [0.1, 0.15) is 6.42 Å². The number of fused-ring (bicyclic) bond motifs is 1. The lowest BCUT2D eigenvalue weighted by Crippen LogP contribution is -2.69. The van der Waals surface area contributed by atoms with Crippen molar-refractivity contribution in [2.24, 2.45) is 0 Å². The molecule has 1 aromatic carbocycles. The highest BCUT2D eigenvalue weighted by Crippen LogP contribution is 2.50. The number of carbonyl (C=O) groups is 3. The van der Waals surface area contributed by atoms with E-state index in [1.54, 1.807) is 24.3 Å². The zero-order chi connectivity index (χ0) is 23.8. The van der Waals surface area contributed by atoms with Crippen LogP contribution in [-0.4, -0.2) is 66.1 Å². The number of carbonyl (C=O) groups excluding carboxylic acids is 2. The van der Waals surface area contributed by atoms with Crippen LogP contribution in [0, 0.1) is 0 Å². The average molecular weight is 520 g/mol. The number of carboxylic acid groups (broad SMARTS) is 1. The van der Waals surface area contributed by atoms with Crippen LogP contribution >= 0.6 is 35.3 Å². The summed E-state index contributed by atoms with van der Waals surface area (Å²) in [7, 11) is 0. The summed E-state index contributed by atoms with van der Waals surface area (Å²) < 4.78 is 41.0. The minimum atomic E-state index is -4.59. The van der Waals surface area contributed by atoms with E-state index < -0.39 is 45.0 Å².